The number of rotatable bonds is 7. The molecule has 0 bridgehead atoms. The number of carbonyl (C=O) groups is 2. The van der Waals surface area contributed by atoms with Crippen LogP contribution in [0.1, 0.15) is 21.9 Å². The summed E-state index contributed by atoms with van der Waals surface area (Å²) in [5.74, 6) is -0.139. The van der Waals surface area contributed by atoms with E-state index in [9.17, 15) is 19.7 Å². The van der Waals surface area contributed by atoms with E-state index in [1.807, 2.05) is 18.2 Å². The maximum atomic E-state index is 12.1. The van der Waals surface area contributed by atoms with Crippen LogP contribution < -0.4 is 15.6 Å². The Hall–Kier alpha value is -4.40. The molecular weight excluding hydrogens is 390 g/mol. The molecule has 0 atom stereocenters. The van der Waals surface area contributed by atoms with Crippen molar-refractivity contribution < 1.29 is 23.7 Å². The third-order valence-corrected chi connectivity index (χ3v) is 3.82. The monoisotopic (exact) mass is 407 g/mol. The highest BCUT2D eigenvalue weighted by Crippen LogP contribution is 2.15. The van der Waals surface area contributed by atoms with Crippen LogP contribution in [-0.2, 0) is 11.4 Å². The lowest BCUT2D eigenvalue weighted by atomic mass is 10.2. The summed E-state index contributed by atoms with van der Waals surface area (Å²) in [5.41, 5.74) is 4.81. The number of para-hydroxylation sites is 1. The van der Waals surface area contributed by atoms with E-state index in [1.165, 1.54) is 30.3 Å². The minimum atomic E-state index is -0.641. The predicted molar refractivity (Wildman–Crippen MR) is 107 cm³/mol. The van der Waals surface area contributed by atoms with Crippen LogP contribution in [0.2, 0.25) is 0 Å². The Balaban J connectivity index is 1.48. The van der Waals surface area contributed by atoms with Crippen molar-refractivity contribution in [3.63, 3.8) is 0 Å². The number of nitro benzene ring substituents is 1. The molecule has 0 saturated carbocycles. The third-order valence-electron chi connectivity index (χ3n) is 3.82. The number of amides is 2. The summed E-state index contributed by atoms with van der Waals surface area (Å²) in [7, 11) is 0. The zero-order chi connectivity index (χ0) is 21.3. The fourth-order valence-electron chi connectivity index (χ4n) is 2.38. The molecule has 3 rings (SSSR count). The van der Waals surface area contributed by atoms with Crippen LogP contribution in [0.5, 0.6) is 5.75 Å². The first-order valence-corrected chi connectivity index (χ1v) is 8.81. The Morgan fingerprint density at radius 1 is 1.03 bits per heavy atom. The highest BCUT2D eigenvalue weighted by atomic mass is 16.6. The zero-order valence-electron chi connectivity index (χ0n) is 15.6. The van der Waals surface area contributed by atoms with Gasteiger partial charge in [-0.2, -0.15) is 0 Å². The number of hydrazine groups is 1. The molecule has 0 unspecified atom stereocenters. The van der Waals surface area contributed by atoms with Gasteiger partial charge in [-0.15, -0.1) is 0 Å². The molecular formula is C21H17N3O6. The average Bonchev–Trinajstić information content (AvgIpc) is 3.25. The van der Waals surface area contributed by atoms with E-state index in [4.69, 9.17) is 9.15 Å². The minimum Gasteiger partial charge on any atom is -0.486 e. The second-order valence-electron chi connectivity index (χ2n) is 6.00. The van der Waals surface area contributed by atoms with E-state index < -0.39 is 16.7 Å². The van der Waals surface area contributed by atoms with Crippen LogP contribution in [0, 0.1) is 10.1 Å². The van der Waals surface area contributed by atoms with Gasteiger partial charge in [0.05, 0.1) is 4.92 Å². The maximum Gasteiger partial charge on any atom is 0.305 e. The largest absolute Gasteiger partial charge is 0.486 e. The second kappa shape index (κ2) is 9.69. The van der Waals surface area contributed by atoms with E-state index in [2.05, 4.69) is 10.9 Å². The first-order chi connectivity index (χ1) is 14.5. The van der Waals surface area contributed by atoms with Crippen molar-refractivity contribution >= 4 is 23.6 Å². The molecule has 1 aromatic heterocycles. The van der Waals surface area contributed by atoms with Crippen LogP contribution in [-0.4, -0.2) is 16.7 Å². The van der Waals surface area contributed by atoms with Gasteiger partial charge in [0.15, 0.2) is 5.76 Å². The van der Waals surface area contributed by atoms with Crippen LogP contribution >= 0.6 is 0 Å². The first kappa shape index (κ1) is 20.3. The topological polar surface area (TPSA) is 124 Å². The van der Waals surface area contributed by atoms with Crippen LogP contribution in [0.3, 0.4) is 0 Å². The molecule has 0 fully saturated rings. The number of hydrogen-bond donors (Lipinski definition) is 2. The minimum absolute atomic E-state index is 0.00428. The zero-order valence-corrected chi connectivity index (χ0v) is 15.6. The van der Waals surface area contributed by atoms with E-state index in [0.29, 0.717) is 17.1 Å². The quantitative estimate of drug-likeness (QED) is 0.352. The molecule has 9 heteroatoms. The van der Waals surface area contributed by atoms with Gasteiger partial charge in [-0.25, -0.2) is 0 Å². The summed E-state index contributed by atoms with van der Waals surface area (Å²) < 4.78 is 10.9. The Kier molecular flexibility index (Phi) is 6.57. The predicted octanol–water partition coefficient (Wildman–Crippen LogP) is 3.24. The number of ether oxygens (including phenoxy) is 1. The third kappa shape index (κ3) is 5.80. The lowest BCUT2D eigenvalue weighted by Crippen LogP contribution is -2.40. The number of furan rings is 1. The molecule has 2 amide bonds. The summed E-state index contributed by atoms with van der Waals surface area (Å²) in [6.07, 6.45) is 2.53. The summed E-state index contributed by atoms with van der Waals surface area (Å²) in [6, 6.07) is 18.0. The number of nitrogens with one attached hydrogen (secondary N) is 2. The number of nitro groups is 1. The Bertz CT molecular complexity index is 1080. The molecule has 3 aromatic rings. The molecule has 1 heterocycles. The lowest BCUT2D eigenvalue weighted by molar-refractivity contribution is -0.384. The van der Waals surface area contributed by atoms with E-state index in [0.717, 1.165) is 6.08 Å². The fourth-order valence-corrected chi connectivity index (χ4v) is 2.38. The highest BCUT2D eigenvalue weighted by molar-refractivity contribution is 5.96. The fraction of sp³-hybridized carbons (Fsp3) is 0.0476. The van der Waals surface area contributed by atoms with Gasteiger partial charge >= 0.3 is 5.91 Å². The molecule has 0 aliphatic heterocycles. The standard InChI is InChI=1S/C21H17N3O6/c25-20(12-9-15-5-4-6-16(13-15)24(27)28)22-23-21(26)19-11-10-18(30-19)14-29-17-7-2-1-3-8-17/h1-13H,14H2,(H,22,25)(H,23,26)/b12-9+. The maximum absolute atomic E-state index is 12.1. The van der Waals surface area contributed by atoms with E-state index in [1.54, 1.807) is 24.3 Å². The van der Waals surface area contributed by atoms with Crippen molar-refractivity contribution in [1.29, 1.82) is 0 Å². The second-order valence-corrected chi connectivity index (χ2v) is 6.00. The van der Waals surface area contributed by atoms with Crippen molar-refractivity contribution in [3.05, 3.63) is 100 Å². The van der Waals surface area contributed by atoms with Gasteiger partial charge in [0.2, 0.25) is 0 Å². The number of benzene rings is 2. The van der Waals surface area contributed by atoms with Crippen molar-refractivity contribution in [2.24, 2.45) is 0 Å². The van der Waals surface area contributed by atoms with E-state index >= 15 is 0 Å². The smallest absolute Gasteiger partial charge is 0.305 e. The van der Waals surface area contributed by atoms with Crippen LogP contribution in [0.15, 0.2) is 77.2 Å². The summed E-state index contributed by atoms with van der Waals surface area (Å²) in [6.45, 7) is 0.148. The summed E-state index contributed by atoms with van der Waals surface area (Å²) in [5, 5.41) is 10.8. The van der Waals surface area contributed by atoms with Crippen molar-refractivity contribution in [3.8, 4) is 5.75 Å². The molecule has 0 radical (unpaired) electrons. The van der Waals surface area contributed by atoms with Crippen LogP contribution in [0.25, 0.3) is 6.08 Å². The van der Waals surface area contributed by atoms with Gasteiger partial charge in [-0.05, 0) is 35.9 Å². The van der Waals surface area contributed by atoms with E-state index in [-0.39, 0.29) is 18.1 Å². The Labute approximate surface area is 171 Å². The van der Waals surface area contributed by atoms with Gasteiger partial charge < -0.3 is 9.15 Å². The van der Waals surface area contributed by atoms with Crippen molar-refractivity contribution in [2.45, 2.75) is 6.61 Å². The molecule has 0 saturated heterocycles. The molecule has 30 heavy (non-hydrogen) atoms. The Morgan fingerprint density at radius 3 is 2.60 bits per heavy atom. The van der Waals surface area contributed by atoms with Crippen molar-refractivity contribution in [1.82, 2.24) is 10.9 Å². The van der Waals surface area contributed by atoms with Gasteiger partial charge in [-0.1, -0.05) is 30.3 Å². The SMILES string of the molecule is O=C(/C=C/c1cccc([N+](=O)[O-])c1)NNC(=O)c1ccc(COc2ccccc2)o1. The number of non-ortho nitro benzene ring substituents is 1. The molecule has 152 valence electrons. The molecule has 0 aliphatic rings. The lowest BCUT2D eigenvalue weighted by Gasteiger charge is -2.04. The van der Waals surface area contributed by atoms with Gasteiger partial charge in [0.25, 0.3) is 11.6 Å². The number of nitrogens with zero attached hydrogens (tertiary/aromatic N) is 1. The van der Waals surface area contributed by atoms with Gasteiger partial charge in [-0.3, -0.25) is 30.6 Å². The summed E-state index contributed by atoms with van der Waals surface area (Å²) >= 11 is 0. The van der Waals surface area contributed by atoms with Crippen LogP contribution in [0.4, 0.5) is 5.69 Å². The highest BCUT2D eigenvalue weighted by Gasteiger charge is 2.12. The molecule has 2 aromatic carbocycles. The van der Waals surface area contributed by atoms with Crippen molar-refractivity contribution in [2.75, 3.05) is 0 Å². The van der Waals surface area contributed by atoms with Gasteiger partial charge in [0, 0.05) is 18.2 Å². The number of hydrogen-bond acceptors (Lipinski definition) is 6. The molecule has 2 N–H and O–H groups in total. The Morgan fingerprint density at radius 2 is 1.83 bits per heavy atom. The average molecular weight is 407 g/mol. The first-order valence-electron chi connectivity index (χ1n) is 8.81. The van der Waals surface area contributed by atoms with Gasteiger partial charge in [0.1, 0.15) is 18.1 Å². The molecule has 0 spiro atoms. The normalized spacial score (nSPS) is 10.5. The summed E-state index contributed by atoms with van der Waals surface area (Å²) in [4.78, 5) is 34.1. The number of carbonyl (C=O) groups excluding carboxylic acids is 2. The molecule has 0 aliphatic carbocycles. The molecule has 9 nitrogen and oxygen atoms in total.